The van der Waals surface area contributed by atoms with E-state index in [2.05, 4.69) is 4.90 Å². The van der Waals surface area contributed by atoms with Crippen LogP contribution >= 0.6 is 11.8 Å². The van der Waals surface area contributed by atoms with Gasteiger partial charge in [-0.05, 0) is 24.3 Å². The maximum atomic E-state index is 10.8. The molecule has 1 unspecified atom stereocenters. The highest BCUT2D eigenvalue weighted by Crippen LogP contribution is 2.23. The van der Waals surface area contributed by atoms with E-state index in [0.717, 1.165) is 6.54 Å². The summed E-state index contributed by atoms with van der Waals surface area (Å²) in [4.78, 5) is 13.1. The third kappa shape index (κ3) is 2.86. The maximum Gasteiger partial charge on any atom is 0.334 e. The first-order valence-electron chi connectivity index (χ1n) is 5.43. The van der Waals surface area contributed by atoms with E-state index >= 15 is 0 Å². The molecule has 0 saturated carbocycles. The Kier molecular flexibility index (Phi) is 3.88. The molecule has 2 aliphatic rings. The molecule has 5 heteroatoms. The first-order chi connectivity index (χ1) is 7.27. The minimum Gasteiger partial charge on any atom is -0.479 e. The van der Waals surface area contributed by atoms with Crippen LogP contribution in [0.2, 0.25) is 0 Å². The number of carboxylic acids is 1. The Labute approximate surface area is 94.0 Å². The van der Waals surface area contributed by atoms with Crippen molar-refractivity contribution in [3.63, 3.8) is 0 Å². The third-order valence-corrected chi connectivity index (χ3v) is 4.13. The SMILES string of the molecule is O=C(O)C1CN(C2CCSCC2)CCO1. The van der Waals surface area contributed by atoms with Gasteiger partial charge < -0.3 is 9.84 Å². The number of carbonyl (C=O) groups is 1. The van der Waals surface area contributed by atoms with E-state index in [0.29, 0.717) is 19.2 Å². The van der Waals surface area contributed by atoms with E-state index < -0.39 is 12.1 Å². The maximum absolute atomic E-state index is 10.8. The lowest BCUT2D eigenvalue weighted by molar-refractivity contribution is -0.157. The lowest BCUT2D eigenvalue weighted by Gasteiger charge is -2.38. The zero-order valence-electron chi connectivity index (χ0n) is 8.72. The van der Waals surface area contributed by atoms with Crippen LogP contribution in [-0.2, 0) is 9.53 Å². The van der Waals surface area contributed by atoms with Gasteiger partial charge >= 0.3 is 5.97 Å². The van der Waals surface area contributed by atoms with Crippen LogP contribution in [0.5, 0.6) is 0 Å². The molecule has 2 fully saturated rings. The molecule has 1 N–H and O–H groups in total. The van der Waals surface area contributed by atoms with Gasteiger partial charge in [0.15, 0.2) is 6.10 Å². The fourth-order valence-corrected chi connectivity index (χ4v) is 3.28. The molecule has 2 rings (SSSR count). The molecule has 0 radical (unpaired) electrons. The van der Waals surface area contributed by atoms with Crippen molar-refractivity contribution >= 4 is 17.7 Å². The Hall–Kier alpha value is -0.260. The van der Waals surface area contributed by atoms with Crippen molar-refractivity contribution in [3.05, 3.63) is 0 Å². The second-order valence-electron chi connectivity index (χ2n) is 4.04. The molecule has 0 aromatic rings. The molecule has 15 heavy (non-hydrogen) atoms. The zero-order valence-corrected chi connectivity index (χ0v) is 9.54. The van der Waals surface area contributed by atoms with E-state index in [-0.39, 0.29) is 0 Å². The van der Waals surface area contributed by atoms with Gasteiger partial charge in [-0.25, -0.2) is 4.79 Å². The highest BCUT2D eigenvalue weighted by Gasteiger charge is 2.30. The van der Waals surface area contributed by atoms with Crippen LogP contribution in [0.4, 0.5) is 0 Å². The van der Waals surface area contributed by atoms with Crippen molar-refractivity contribution in [3.8, 4) is 0 Å². The van der Waals surface area contributed by atoms with Gasteiger partial charge in [0, 0.05) is 19.1 Å². The molecule has 2 aliphatic heterocycles. The topological polar surface area (TPSA) is 49.8 Å². The van der Waals surface area contributed by atoms with Crippen molar-refractivity contribution in [2.45, 2.75) is 25.0 Å². The minimum absolute atomic E-state index is 0.556. The predicted molar refractivity (Wildman–Crippen MR) is 59.3 cm³/mol. The number of morpholine rings is 1. The number of ether oxygens (including phenoxy) is 1. The highest BCUT2D eigenvalue weighted by atomic mass is 32.2. The van der Waals surface area contributed by atoms with E-state index in [1.165, 1.54) is 24.3 Å². The van der Waals surface area contributed by atoms with Gasteiger partial charge in [-0.2, -0.15) is 11.8 Å². The summed E-state index contributed by atoms with van der Waals surface area (Å²) >= 11 is 2.00. The van der Waals surface area contributed by atoms with Crippen LogP contribution in [0.15, 0.2) is 0 Å². The highest BCUT2D eigenvalue weighted by molar-refractivity contribution is 7.99. The van der Waals surface area contributed by atoms with Gasteiger partial charge in [0.1, 0.15) is 0 Å². The van der Waals surface area contributed by atoms with E-state index in [1.54, 1.807) is 0 Å². The Bertz CT molecular complexity index is 231. The van der Waals surface area contributed by atoms with Crippen LogP contribution < -0.4 is 0 Å². The van der Waals surface area contributed by atoms with Crippen LogP contribution in [0.1, 0.15) is 12.8 Å². The van der Waals surface area contributed by atoms with Crippen molar-refractivity contribution in [1.29, 1.82) is 0 Å². The summed E-state index contributed by atoms with van der Waals surface area (Å²) in [6.45, 7) is 2.00. The number of hydrogen-bond acceptors (Lipinski definition) is 4. The molecule has 86 valence electrons. The summed E-state index contributed by atoms with van der Waals surface area (Å²) in [6.07, 6.45) is 1.77. The number of rotatable bonds is 2. The largest absolute Gasteiger partial charge is 0.479 e. The van der Waals surface area contributed by atoms with E-state index in [1.807, 2.05) is 11.8 Å². The molecule has 0 aliphatic carbocycles. The van der Waals surface area contributed by atoms with Gasteiger partial charge in [-0.3, -0.25) is 4.90 Å². The van der Waals surface area contributed by atoms with Gasteiger partial charge in [-0.1, -0.05) is 0 Å². The second-order valence-corrected chi connectivity index (χ2v) is 5.26. The predicted octanol–water partition coefficient (Wildman–Crippen LogP) is 0.667. The fraction of sp³-hybridized carbons (Fsp3) is 0.900. The molecule has 0 amide bonds. The summed E-state index contributed by atoms with van der Waals surface area (Å²) < 4.78 is 5.21. The van der Waals surface area contributed by atoms with Crippen molar-refractivity contribution in [2.24, 2.45) is 0 Å². The first-order valence-corrected chi connectivity index (χ1v) is 6.59. The Morgan fingerprint density at radius 2 is 2.13 bits per heavy atom. The number of carboxylic acid groups (broad SMARTS) is 1. The fourth-order valence-electron chi connectivity index (χ4n) is 2.20. The minimum atomic E-state index is -0.829. The van der Waals surface area contributed by atoms with Gasteiger partial charge in [0.05, 0.1) is 6.61 Å². The standard InChI is InChI=1S/C10H17NO3S/c12-10(13)9-7-11(3-4-14-9)8-1-5-15-6-2-8/h8-9H,1-7H2,(H,12,13). The lowest BCUT2D eigenvalue weighted by Crippen LogP contribution is -2.51. The van der Waals surface area contributed by atoms with Gasteiger partial charge in [-0.15, -0.1) is 0 Å². The van der Waals surface area contributed by atoms with Crippen LogP contribution in [-0.4, -0.2) is 59.3 Å². The van der Waals surface area contributed by atoms with Crippen LogP contribution in [0, 0.1) is 0 Å². The molecule has 2 saturated heterocycles. The first kappa shape index (κ1) is 11.2. The summed E-state index contributed by atoms with van der Waals surface area (Å²) in [7, 11) is 0. The average molecular weight is 231 g/mol. The molecule has 1 atom stereocenters. The van der Waals surface area contributed by atoms with Crippen LogP contribution in [0.25, 0.3) is 0 Å². The molecule has 0 aromatic heterocycles. The molecule has 0 aromatic carbocycles. The number of aliphatic carboxylic acids is 1. The van der Waals surface area contributed by atoms with Crippen LogP contribution in [0.3, 0.4) is 0 Å². The average Bonchev–Trinajstić information content (AvgIpc) is 2.30. The van der Waals surface area contributed by atoms with E-state index in [9.17, 15) is 4.79 Å². The van der Waals surface area contributed by atoms with Crippen molar-refractivity contribution in [1.82, 2.24) is 4.90 Å². The molecular formula is C10H17NO3S. The smallest absolute Gasteiger partial charge is 0.334 e. The molecular weight excluding hydrogens is 214 g/mol. The molecule has 2 heterocycles. The Balaban J connectivity index is 1.88. The van der Waals surface area contributed by atoms with Crippen molar-refractivity contribution in [2.75, 3.05) is 31.2 Å². The normalized spacial score (nSPS) is 30.3. The summed E-state index contributed by atoms with van der Waals surface area (Å²) in [5, 5.41) is 8.90. The lowest BCUT2D eigenvalue weighted by atomic mass is 10.1. The molecule has 0 bridgehead atoms. The molecule has 4 nitrogen and oxygen atoms in total. The van der Waals surface area contributed by atoms with Gasteiger partial charge in [0.2, 0.25) is 0 Å². The summed E-state index contributed by atoms with van der Waals surface area (Å²) in [5.41, 5.74) is 0. The summed E-state index contributed by atoms with van der Waals surface area (Å²) in [6, 6.07) is 0.581. The summed E-state index contributed by atoms with van der Waals surface area (Å²) in [5.74, 6) is 1.59. The second kappa shape index (κ2) is 5.18. The number of hydrogen-bond donors (Lipinski definition) is 1. The zero-order chi connectivity index (χ0) is 10.7. The quantitative estimate of drug-likeness (QED) is 0.757. The van der Waals surface area contributed by atoms with Gasteiger partial charge in [0.25, 0.3) is 0 Å². The molecule has 0 spiro atoms. The number of thioether (sulfide) groups is 1. The third-order valence-electron chi connectivity index (χ3n) is 3.08. The van der Waals surface area contributed by atoms with E-state index in [4.69, 9.17) is 9.84 Å². The number of nitrogens with zero attached hydrogens (tertiary/aromatic N) is 1. The Morgan fingerprint density at radius 1 is 1.40 bits per heavy atom. The monoisotopic (exact) mass is 231 g/mol. The Morgan fingerprint density at radius 3 is 2.80 bits per heavy atom. The van der Waals surface area contributed by atoms with Crippen molar-refractivity contribution < 1.29 is 14.6 Å².